The van der Waals surface area contributed by atoms with Crippen molar-refractivity contribution in [2.24, 2.45) is 0 Å². The third kappa shape index (κ3) is 3.59. The maximum atomic E-state index is 12.4. The zero-order valence-corrected chi connectivity index (χ0v) is 16.1. The number of ether oxygens (including phenoxy) is 2. The van der Waals surface area contributed by atoms with E-state index >= 15 is 0 Å². The molecule has 0 saturated heterocycles. The summed E-state index contributed by atoms with van der Waals surface area (Å²) in [6.45, 7) is 0. The van der Waals surface area contributed by atoms with Crippen molar-refractivity contribution in [3.05, 3.63) is 65.2 Å². The number of Topliss-reactive ketones (excluding diaryl/α,β-unsaturated/α-hetero) is 1. The van der Waals surface area contributed by atoms with Crippen LogP contribution in [0.2, 0.25) is 0 Å². The van der Waals surface area contributed by atoms with E-state index in [1.54, 1.807) is 0 Å². The summed E-state index contributed by atoms with van der Waals surface area (Å²) in [4.78, 5) is 24.7. The Bertz CT molecular complexity index is 1230. The molecular formula is C22H16O10. The Labute approximate surface area is 179 Å². The van der Waals surface area contributed by atoms with Crippen LogP contribution >= 0.6 is 0 Å². The summed E-state index contributed by atoms with van der Waals surface area (Å²) in [5.41, 5.74) is -0.00638. The molecule has 0 radical (unpaired) electrons. The van der Waals surface area contributed by atoms with Gasteiger partial charge in [0.1, 0.15) is 11.5 Å². The maximum absolute atomic E-state index is 12.4. The quantitative estimate of drug-likeness (QED) is 0.201. The Morgan fingerprint density at radius 1 is 0.875 bits per heavy atom. The second-order valence-corrected chi connectivity index (χ2v) is 7.01. The van der Waals surface area contributed by atoms with E-state index in [0.717, 1.165) is 18.2 Å². The lowest BCUT2D eigenvalue weighted by atomic mass is 9.93. The number of hydrogen-bond acceptors (Lipinski definition) is 10. The van der Waals surface area contributed by atoms with E-state index in [2.05, 4.69) is 0 Å². The van der Waals surface area contributed by atoms with Crippen molar-refractivity contribution in [2.45, 2.75) is 12.2 Å². The molecular weight excluding hydrogens is 424 g/mol. The number of phenols is 5. The molecule has 4 rings (SSSR count). The summed E-state index contributed by atoms with van der Waals surface area (Å²) in [7, 11) is 0. The Hall–Kier alpha value is -4.44. The Balaban J connectivity index is 1.58. The van der Waals surface area contributed by atoms with Gasteiger partial charge >= 0.3 is 5.97 Å². The molecule has 0 bridgehead atoms. The lowest BCUT2D eigenvalue weighted by Crippen LogP contribution is -2.36. The van der Waals surface area contributed by atoms with Gasteiger partial charge in [0, 0.05) is 6.07 Å². The molecule has 0 saturated carbocycles. The van der Waals surface area contributed by atoms with Gasteiger partial charge in [0.15, 0.2) is 46.7 Å². The average molecular weight is 440 g/mol. The van der Waals surface area contributed by atoms with Gasteiger partial charge in [-0.2, -0.15) is 0 Å². The van der Waals surface area contributed by atoms with Crippen LogP contribution in [-0.2, 0) is 0 Å². The van der Waals surface area contributed by atoms with E-state index in [1.165, 1.54) is 30.3 Å². The summed E-state index contributed by atoms with van der Waals surface area (Å²) >= 11 is 0. The number of fused-ring (bicyclic) bond motifs is 1. The first-order valence-electron chi connectivity index (χ1n) is 9.17. The number of hydrogen-bond donors (Lipinski definition) is 6. The fraction of sp³-hybridized carbons (Fsp3) is 0.0909. The zero-order valence-electron chi connectivity index (χ0n) is 16.1. The number of ketones is 1. The molecule has 0 unspecified atom stereocenters. The van der Waals surface area contributed by atoms with Crippen LogP contribution in [0.1, 0.15) is 32.4 Å². The van der Waals surface area contributed by atoms with Crippen molar-refractivity contribution in [3.8, 4) is 40.2 Å². The first kappa shape index (κ1) is 20.8. The molecule has 10 nitrogen and oxygen atoms in total. The predicted molar refractivity (Wildman–Crippen MR) is 106 cm³/mol. The normalized spacial score (nSPS) is 17.3. The molecule has 164 valence electrons. The SMILES string of the molecule is O=C(Oc1ccc([C@H]2Oc3cc(O)ccc3C(=O)[C@@H]2O)cc1O)c1cc(O)c(O)c(O)c1. The van der Waals surface area contributed by atoms with Gasteiger partial charge in [0.05, 0.1) is 11.1 Å². The third-order valence-corrected chi connectivity index (χ3v) is 4.86. The van der Waals surface area contributed by atoms with Gasteiger partial charge in [-0.25, -0.2) is 4.79 Å². The molecule has 0 fully saturated rings. The van der Waals surface area contributed by atoms with Gasteiger partial charge in [0.2, 0.25) is 0 Å². The monoisotopic (exact) mass is 440 g/mol. The molecule has 0 aliphatic carbocycles. The molecule has 0 spiro atoms. The van der Waals surface area contributed by atoms with Crippen LogP contribution in [0.4, 0.5) is 0 Å². The molecule has 0 aromatic heterocycles. The van der Waals surface area contributed by atoms with Gasteiger partial charge < -0.3 is 40.1 Å². The van der Waals surface area contributed by atoms with Gasteiger partial charge in [0.25, 0.3) is 0 Å². The summed E-state index contributed by atoms with van der Waals surface area (Å²) in [5.74, 6) is -4.84. The second-order valence-electron chi connectivity index (χ2n) is 7.01. The minimum atomic E-state index is -1.58. The van der Waals surface area contributed by atoms with Gasteiger partial charge in [-0.05, 0) is 42.0 Å². The topological polar surface area (TPSA) is 174 Å². The lowest BCUT2D eigenvalue weighted by molar-refractivity contribution is 0.0215. The molecule has 1 aliphatic heterocycles. The van der Waals surface area contributed by atoms with E-state index in [4.69, 9.17) is 9.47 Å². The molecule has 6 N–H and O–H groups in total. The van der Waals surface area contributed by atoms with Crippen molar-refractivity contribution in [2.75, 3.05) is 0 Å². The van der Waals surface area contributed by atoms with E-state index < -0.39 is 47.0 Å². The highest BCUT2D eigenvalue weighted by Crippen LogP contribution is 2.40. The minimum absolute atomic E-state index is 0.0623. The molecule has 2 atom stereocenters. The van der Waals surface area contributed by atoms with Crippen molar-refractivity contribution in [1.82, 2.24) is 0 Å². The van der Waals surface area contributed by atoms with Crippen LogP contribution < -0.4 is 9.47 Å². The number of carbonyl (C=O) groups excluding carboxylic acids is 2. The van der Waals surface area contributed by atoms with Crippen LogP contribution in [0.25, 0.3) is 0 Å². The first-order chi connectivity index (χ1) is 15.2. The highest BCUT2D eigenvalue weighted by molar-refractivity contribution is 6.03. The lowest BCUT2D eigenvalue weighted by Gasteiger charge is -2.30. The van der Waals surface area contributed by atoms with Crippen LogP contribution in [0, 0.1) is 0 Å². The number of carbonyl (C=O) groups is 2. The summed E-state index contributed by atoms with van der Waals surface area (Å²) < 4.78 is 10.7. The van der Waals surface area contributed by atoms with Gasteiger partial charge in [-0.3, -0.25) is 4.79 Å². The van der Waals surface area contributed by atoms with Crippen molar-refractivity contribution >= 4 is 11.8 Å². The summed E-state index contributed by atoms with van der Waals surface area (Å²) in [6, 6.07) is 9.25. The van der Waals surface area contributed by atoms with E-state index in [9.17, 15) is 40.2 Å². The van der Waals surface area contributed by atoms with Crippen molar-refractivity contribution in [1.29, 1.82) is 0 Å². The van der Waals surface area contributed by atoms with Gasteiger partial charge in [-0.1, -0.05) is 6.07 Å². The molecule has 1 aliphatic rings. The van der Waals surface area contributed by atoms with Crippen LogP contribution in [0.15, 0.2) is 48.5 Å². The number of phenolic OH excluding ortho intramolecular Hbond substituents is 5. The summed E-state index contributed by atoms with van der Waals surface area (Å²) in [5, 5.41) is 58.7. The Kier molecular flexibility index (Phi) is 4.99. The maximum Gasteiger partial charge on any atom is 0.343 e. The highest BCUT2D eigenvalue weighted by Gasteiger charge is 2.37. The number of benzene rings is 3. The molecule has 1 heterocycles. The van der Waals surface area contributed by atoms with E-state index in [0.29, 0.717) is 0 Å². The fourth-order valence-electron chi connectivity index (χ4n) is 3.24. The second kappa shape index (κ2) is 7.67. The number of aliphatic hydroxyl groups excluding tert-OH is 1. The number of aromatic hydroxyl groups is 5. The zero-order chi connectivity index (χ0) is 23.2. The predicted octanol–water partition coefficient (Wildman–Crippen LogP) is 2.11. The number of rotatable bonds is 3. The number of aliphatic hydroxyl groups is 1. The molecule has 0 amide bonds. The average Bonchev–Trinajstić information content (AvgIpc) is 2.75. The largest absolute Gasteiger partial charge is 0.508 e. The summed E-state index contributed by atoms with van der Waals surface area (Å²) in [6.07, 6.45) is -2.78. The van der Waals surface area contributed by atoms with Gasteiger partial charge in [-0.15, -0.1) is 0 Å². The third-order valence-electron chi connectivity index (χ3n) is 4.86. The Morgan fingerprint density at radius 2 is 1.56 bits per heavy atom. The minimum Gasteiger partial charge on any atom is -0.508 e. The van der Waals surface area contributed by atoms with Crippen LogP contribution in [-0.4, -0.2) is 48.5 Å². The standard InChI is InChI=1S/C22H16O10/c23-11-2-3-12-17(8-11)31-21(20(29)18(12)27)9-1-4-16(13(24)5-9)32-22(30)10-6-14(25)19(28)15(26)7-10/h1-8,20-21,23-26,28-29H/t20-,21+/m0/s1. The Morgan fingerprint density at radius 3 is 2.22 bits per heavy atom. The van der Waals surface area contributed by atoms with Crippen LogP contribution in [0.3, 0.4) is 0 Å². The van der Waals surface area contributed by atoms with Crippen molar-refractivity contribution in [3.63, 3.8) is 0 Å². The smallest absolute Gasteiger partial charge is 0.343 e. The molecule has 32 heavy (non-hydrogen) atoms. The first-order valence-corrected chi connectivity index (χ1v) is 9.17. The fourth-order valence-corrected chi connectivity index (χ4v) is 3.24. The number of esters is 1. The van der Waals surface area contributed by atoms with Crippen molar-refractivity contribution < 1.29 is 49.7 Å². The molecule has 3 aromatic rings. The molecule has 10 heteroatoms. The van der Waals surface area contributed by atoms with E-state index in [1.807, 2.05) is 0 Å². The highest BCUT2D eigenvalue weighted by atomic mass is 16.5. The molecule has 3 aromatic carbocycles. The van der Waals surface area contributed by atoms with E-state index in [-0.39, 0.29) is 33.9 Å². The van der Waals surface area contributed by atoms with Crippen LogP contribution in [0.5, 0.6) is 40.2 Å².